The largest absolute Gasteiger partial charge is 0.323 e. The Bertz CT molecular complexity index is 1290. The molecule has 0 aliphatic carbocycles. The number of halogens is 1. The molecule has 0 fully saturated rings. The minimum absolute atomic E-state index is 0.266. The molecule has 3 amide bonds. The van der Waals surface area contributed by atoms with Gasteiger partial charge in [-0.2, -0.15) is 5.10 Å². The van der Waals surface area contributed by atoms with Crippen LogP contribution in [0, 0.1) is 12.7 Å². The second-order valence-electron chi connectivity index (χ2n) is 6.95. The maximum atomic E-state index is 13.2. The summed E-state index contributed by atoms with van der Waals surface area (Å²) < 4.78 is 14.8. The highest BCUT2D eigenvalue weighted by Crippen LogP contribution is 2.16. The number of carbonyl (C=O) groups excluding carboxylic acids is 2. The van der Waals surface area contributed by atoms with E-state index in [0.717, 1.165) is 5.69 Å². The van der Waals surface area contributed by atoms with Crippen LogP contribution in [0.4, 0.5) is 26.2 Å². The first-order valence-corrected chi connectivity index (χ1v) is 9.69. The van der Waals surface area contributed by atoms with Gasteiger partial charge in [-0.25, -0.2) is 13.9 Å². The molecule has 0 radical (unpaired) electrons. The zero-order chi connectivity index (χ0) is 22.5. The van der Waals surface area contributed by atoms with E-state index in [9.17, 15) is 14.0 Å². The molecule has 160 valence electrons. The summed E-state index contributed by atoms with van der Waals surface area (Å²) in [6.45, 7) is 1.85. The predicted octanol–water partition coefficient (Wildman–Crippen LogP) is 4.61. The van der Waals surface area contributed by atoms with Crippen molar-refractivity contribution in [3.63, 3.8) is 0 Å². The van der Waals surface area contributed by atoms with Gasteiger partial charge in [0.25, 0.3) is 5.91 Å². The molecule has 3 N–H and O–H groups in total. The molecule has 2 aromatic carbocycles. The van der Waals surface area contributed by atoms with E-state index in [2.05, 4.69) is 26.0 Å². The average Bonchev–Trinajstić information content (AvgIpc) is 3.22. The van der Waals surface area contributed by atoms with E-state index in [-0.39, 0.29) is 5.91 Å². The van der Waals surface area contributed by atoms with Crippen molar-refractivity contribution in [2.75, 3.05) is 16.0 Å². The minimum Gasteiger partial charge on any atom is -0.322 e. The normalized spacial score (nSPS) is 10.4. The summed E-state index contributed by atoms with van der Waals surface area (Å²) in [5.41, 5.74) is 3.31. The van der Waals surface area contributed by atoms with Crippen molar-refractivity contribution in [3.05, 3.63) is 96.3 Å². The van der Waals surface area contributed by atoms with E-state index in [4.69, 9.17) is 0 Å². The van der Waals surface area contributed by atoms with Crippen LogP contribution in [0.25, 0.3) is 5.69 Å². The number of nitrogens with one attached hydrogen (secondary N) is 3. The molecule has 0 unspecified atom stereocenters. The smallest absolute Gasteiger partial charge is 0.322 e. The number of nitrogens with zero attached hydrogens (tertiary/aromatic N) is 3. The maximum Gasteiger partial charge on any atom is 0.323 e. The number of urea groups is 1. The first-order valence-electron chi connectivity index (χ1n) is 9.69. The SMILES string of the molecule is Cc1cc(NC(=O)c2cccc(-n3cc(NC(=O)Nc4cccc(F)c4)cn3)c2)ccn1. The zero-order valence-electron chi connectivity index (χ0n) is 17.0. The van der Waals surface area contributed by atoms with Gasteiger partial charge in [0.05, 0.1) is 23.8 Å². The molecule has 2 heterocycles. The van der Waals surface area contributed by atoms with Crippen LogP contribution in [0.15, 0.2) is 79.3 Å². The van der Waals surface area contributed by atoms with E-state index in [1.807, 2.05) is 6.92 Å². The lowest BCUT2D eigenvalue weighted by Crippen LogP contribution is -2.19. The summed E-state index contributed by atoms with van der Waals surface area (Å²) in [5.74, 6) is -0.712. The van der Waals surface area contributed by atoms with Crippen molar-refractivity contribution in [1.82, 2.24) is 14.8 Å². The van der Waals surface area contributed by atoms with E-state index in [1.54, 1.807) is 54.9 Å². The van der Waals surface area contributed by atoms with Gasteiger partial charge in [-0.15, -0.1) is 0 Å². The van der Waals surface area contributed by atoms with Crippen molar-refractivity contribution in [2.24, 2.45) is 0 Å². The van der Waals surface area contributed by atoms with Crippen molar-refractivity contribution < 1.29 is 14.0 Å². The Labute approximate surface area is 183 Å². The number of hydrogen-bond acceptors (Lipinski definition) is 4. The third kappa shape index (κ3) is 5.14. The monoisotopic (exact) mass is 430 g/mol. The highest BCUT2D eigenvalue weighted by molar-refractivity contribution is 6.04. The second-order valence-corrected chi connectivity index (χ2v) is 6.95. The summed E-state index contributed by atoms with van der Waals surface area (Å²) >= 11 is 0. The molecule has 0 saturated carbocycles. The Morgan fingerprint density at radius 3 is 2.50 bits per heavy atom. The van der Waals surface area contributed by atoms with Gasteiger partial charge in [0.2, 0.25) is 0 Å². The van der Waals surface area contributed by atoms with Gasteiger partial charge in [0.15, 0.2) is 0 Å². The molecular weight excluding hydrogens is 411 g/mol. The van der Waals surface area contributed by atoms with E-state index in [1.165, 1.54) is 29.1 Å². The lowest BCUT2D eigenvalue weighted by Gasteiger charge is -2.08. The van der Waals surface area contributed by atoms with Crippen molar-refractivity contribution in [2.45, 2.75) is 6.92 Å². The Hall–Kier alpha value is -4.53. The van der Waals surface area contributed by atoms with Gasteiger partial charge < -0.3 is 16.0 Å². The molecule has 8 nitrogen and oxygen atoms in total. The summed E-state index contributed by atoms with van der Waals surface area (Å²) in [7, 11) is 0. The summed E-state index contributed by atoms with van der Waals surface area (Å²) in [6, 6.07) is 15.5. The first kappa shape index (κ1) is 20.7. The van der Waals surface area contributed by atoms with Crippen molar-refractivity contribution in [3.8, 4) is 5.69 Å². The Kier molecular flexibility index (Phi) is 5.89. The van der Waals surface area contributed by atoms with Crippen LogP contribution >= 0.6 is 0 Å². The van der Waals surface area contributed by atoms with Crippen LogP contribution in [-0.2, 0) is 0 Å². The highest BCUT2D eigenvalue weighted by atomic mass is 19.1. The molecule has 0 atom stereocenters. The molecular formula is C23H19FN6O2. The van der Waals surface area contributed by atoms with Crippen LogP contribution in [0.2, 0.25) is 0 Å². The van der Waals surface area contributed by atoms with Crippen LogP contribution < -0.4 is 16.0 Å². The van der Waals surface area contributed by atoms with Crippen molar-refractivity contribution >= 4 is 29.0 Å². The van der Waals surface area contributed by atoms with Gasteiger partial charge in [-0.05, 0) is 55.5 Å². The Balaban J connectivity index is 1.43. The number of amides is 3. The molecule has 0 aliphatic rings. The predicted molar refractivity (Wildman–Crippen MR) is 120 cm³/mol. The molecule has 0 saturated heterocycles. The number of anilines is 3. The molecule has 0 spiro atoms. The van der Waals surface area contributed by atoms with Crippen LogP contribution in [-0.4, -0.2) is 26.7 Å². The lowest BCUT2D eigenvalue weighted by molar-refractivity contribution is 0.102. The van der Waals surface area contributed by atoms with Crippen LogP contribution in [0.3, 0.4) is 0 Å². The van der Waals surface area contributed by atoms with Gasteiger partial charge in [0, 0.05) is 28.8 Å². The minimum atomic E-state index is -0.532. The lowest BCUT2D eigenvalue weighted by atomic mass is 10.2. The number of pyridine rings is 1. The molecule has 4 rings (SSSR count). The van der Waals surface area contributed by atoms with Crippen LogP contribution in [0.1, 0.15) is 16.1 Å². The number of rotatable bonds is 5. The quantitative estimate of drug-likeness (QED) is 0.430. The number of carbonyl (C=O) groups is 2. The van der Waals surface area contributed by atoms with Gasteiger partial charge in [-0.3, -0.25) is 9.78 Å². The molecule has 0 bridgehead atoms. The van der Waals surface area contributed by atoms with Gasteiger partial charge in [-0.1, -0.05) is 12.1 Å². The second kappa shape index (κ2) is 9.09. The van der Waals surface area contributed by atoms with E-state index >= 15 is 0 Å². The first-order chi connectivity index (χ1) is 15.5. The number of aryl methyl sites for hydroxylation is 1. The summed E-state index contributed by atoms with van der Waals surface area (Å²) in [6.07, 6.45) is 4.70. The maximum absolute atomic E-state index is 13.2. The fourth-order valence-corrected chi connectivity index (χ4v) is 3.00. The number of benzene rings is 2. The van der Waals surface area contributed by atoms with Gasteiger partial charge in [0.1, 0.15) is 5.82 Å². The topological polar surface area (TPSA) is 101 Å². The average molecular weight is 430 g/mol. The molecule has 9 heteroatoms. The third-order valence-corrected chi connectivity index (χ3v) is 4.45. The molecule has 4 aromatic rings. The molecule has 2 aromatic heterocycles. The van der Waals surface area contributed by atoms with Crippen molar-refractivity contribution in [1.29, 1.82) is 0 Å². The Morgan fingerprint density at radius 2 is 1.69 bits per heavy atom. The number of aromatic nitrogens is 3. The number of hydrogen-bond donors (Lipinski definition) is 3. The van der Waals surface area contributed by atoms with E-state index in [0.29, 0.717) is 28.3 Å². The Morgan fingerprint density at radius 1 is 0.906 bits per heavy atom. The fraction of sp³-hybridized carbons (Fsp3) is 0.0435. The molecule has 0 aliphatic heterocycles. The fourth-order valence-electron chi connectivity index (χ4n) is 3.00. The summed E-state index contributed by atoms with van der Waals surface area (Å²) in [5, 5.41) is 12.2. The van der Waals surface area contributed by atoms with Crippen LogP contribution in [0.5, 0.6) is 0 Å². The van der Waals surface area contributed by atoms with Gasteiger partial charge >= 0.3 is 6.03 Å². The standard InChI is InChI=1S/C23H19FN6O2/c1-15-10-19(8-9-25-15)27-22(31)16-4-2-7-21(11-16)30-14-20(13-26-30)29-23(32)28-18-6-3-5-17(24)12-18/h2-14H,1H3,(H,25,27,31)(H2,28,29,32). The highest BCUT2D eigenvalue weighted by Gasteiger charge is 2.10. The summed E-state index contributed by atoms with van der Waals surface area (Å²) in [4.78, 5) is 28.9. The zero-order valence-corrected chi connectivity index (χ0v) is 17.0. The van der Waals surface area contributed by atoms with E-state index < -0.39 is 11.8 Å². The molecule has 32 heavy (non-hydrogen) atoms. The third-order valence-electron chi connectivity index (χ3n) is 4.45.